The molecule has 0 unspecified atom stereocenters. The number of hydrogen-bond acceptors (Lipinski definition) is 6. The van der Waals surface area contributed by atoms with Crippen molar-refractivity contribution in [1.29, 1.82) is 0 Å². The smallest absolute Gasteiger partial charge is 0.239 e. The van der Waals surface area contributed by atoms with Crippen LogP contribution in [0, 0.1) is 0 Å². The second kappa shape index (κ2) is 10.4. The monoisotopic (exact) mass is 483 g/mol. The summed E-state index contributed by atoms with van der Waals surface area (Å²) >= 11 is 3.27. The molecule has 2 rings (SSSR count). The van der Waals surface area contributed by atoms with Gasteiger partial charge in [-0.05, 0) is 59.2 Å². The predicted molar refractivity (Wildman–Crippen MR) is 113 cm³/mol. The van der Waals surface area contributed by atoms with Crippen molar-refractivity contribution in [2.45, 2.75) is 11.3 Å². The molecule has 2 aromatic rings. The summed E-state index contributed by atoms with van der Waals surface area (Å²) in [6, 6.07) is 9.60. The SMILES string of the molecule is CN(CC(=O)NCCc1ccc(S(N)(=O)=O)cc1)CC(=O)Nc1ccc(Br)cn1. The molecule has 0 radical (unpaired) electrons. The average molecular weight is 484 g/mol. The van der Waals surface area contributed by atoms with E-state index in [4.69, 9.17) is 5.14 Å². The number of rotatable bonds is 9. The number of nitrogens with one attached hydrogen (secondary N) is 2. The van der Waals surface area contributed by atoms with E-state index >= 15 is 0 Å². The summed E-state index contributed by atoms with van der Waals surface area (Å²) in [5, 5.41) is 10.5. The van der Waals surface area contributed by atoms with Crippen LogP contribution in [0.2, 0.25) is 0 Å². The Morgan fingerprint density at radius 3 is 2.34 bits per heavy atom. The number of primary sulfonamides is 1. The normalized spacial score (nSPS) is 11.3. The van der Waals surface area contributed by atoms with Crippen LogP contribution in [0.1, 0.15) is 5.56 Å². The highest BCUT2D eigenvalue weighted by molar-refractivity contribution is 9.10. The van der Waals surface area contributed by atoms with Crippen molar-refractivity contribution in [3.8, 4) is 0 Å². The Morgan fingerprint density at radius 1 is 1.10 bits per heavy atom. The highest BCUT2D eigenvalue weighted by Gasteiger charge is 2.11. The van der Waals surface area contributed by atoms with Crippen LogP contribution in [0.25, 0.3) is 0 Å². The molecule has 0 aliphatic carbocycles. The standard InChI is InChI=1S/C18H22BrN5O4S/c1-24(12-18(26)23-16-7-4-14(19)10-22-16)11-17(25)21-9-8-13-2-5-15(6-3-13)29(20,27)28/h2-7,10H,8-9,11-12H2,1H3,(H,21,25)(H2,20,27,28)(H,22,23,26). The summed E-state index contributed by atoms with van der Waals surface area (Å²) in [4.78, 5) is 29.7. The largest absolute Gasteiger partial charge is 0.355 e. The van der Waals surface area contributed by atoms with Gasteiger partial charge in [0.2, 0.25) is 21.8 Å². The summed E-state index contributed by atoms with van der Waals surface area (Å²) in [5.74, 6) is -0.0576. The lowest BCUT2D eigenvalue weighted by Gasteiger charge is -2.16. The molecular weight excluding hydrogens is 462 g/mol. The fourth-order valence-electron chi connectivity index (χ4n) is 2.43. The molecule has 4 N–H and O–H groups in total. The Morgan fingerprint density at radius 2 is 1.76 bits per heavy atom. The number of halogens is 1. The van der Waals surface area contributed by atoms with Crippen molar-refractivity contribution < 1.29 is 18.0 Å². The quantitative estimate of drug-likeness (QED) is 0.480. The number of hydrogen-bond donors (Lipinski definition) is 3. The van der Waals surface area contributed by atoms with Crippen LogP contribution in [0.3, 0.4) is 0 Å². The third kappa shape index (κ3) is 8.28. The van der Waals surface area contributed by atoms with Crippen LogP contribution in [0.15, 0.2) is 52.0 Å². The zero-order valence-corrected chi connectivity index (χ0v) is 18.2. The molecule has 1 aromatic carbocycles. The van der Waals surface area contributed by atoms with Crippen LogP contribution in [0.5, 0.6) is 0 Å². The zero-order valence-electron chi connectivity index (χ0n) is 15.8. The molecule has 11 heteroatoms. The van der Waals surface area contributed by atoms with Crippen molar-refractivity contribution in [2.75, 3.05) is 32.0 Å². The zero-order chi connectivity index (χ0) is 21.4. The van der Waals surface area contributed by atoms with Gasteiger partial charge in [0.05, 0.1) is 18.0 Å². The van der Waals surface area contributed by atoms with Crippen LogP contribution in [-0.2, 0) is 26.0 Å². The number of nitrogens with two attached hydrogens (primary N) is 1. The maximum absolute atomic E-state index is 12.0. The molecule has 0 saturated heterocycles. The third-order valence-electron chi connectivity index (χ3n) is 3.81. The second-order valence-electron chi connectivity index (χ2n) is 6.37. The molecule has 1 aromatic heterocycles. The van der Waals surface area contributed by atoms with Crippen molar-refractivity contribution >= 4 is 43.6 Å². The highest BCUT2D eigenvalue weighted by Crippen LogP contribution is 2.10. The minimum atomic E-state index is -3.71. The fraction of sp³-hybridized carbons (Fsp3) is 0.278. The molecule has 1 heterocycles. The van der Waals surface area contributed by atoms with Crippen LogP contribution in [0.4, 0.5) is 5.82 Å². The van der Waals surface area contributed by atoms with E-state index in [1.807, 2.05) is 0 Å². The Hall–Kier alpha value is -2.34. The van der Waals surface area contributed by atoms with E-state index < -0.39 is 10.0 Å². The number of carbonyl (C=O) groups excluding carboxylic acids is 2. The number of benzene rings is 1. The predicted octanol–water partition coefficient (Wildman–Crippen LogP) is 0.721. The molecular formula is C18H22BrN5O4S. The molecule has 0 atom stereocenters. The average Bonchev–Trinajstić information content (AvgIpc) is 2.63. The van der Waals surface area contributed by atoms with E-state index in [-0.39, 0.29) is 29.8 Å². The second-order valence-corrected chi connectivity index (χ2v) is 8.85. The Balaban J connectivity index is 1.70. The van der Waals surface area contributed by atoms with Crippen LogP contribution in [-0.4, -0.2) is 56.8 Å². The van der Waals surface area contributed by atoms with Gasteiger partial charge in [-0.15, -0.1) is 0 Å². The summed E-state index contributed by atoms with van der Waals surface area (Å²) in [7, 11) is -2.05. The number of pyridine rings is 1. The highest BCUT2D eigenvalue weighted by atomic mass is 79.9. The van der Waals surface area contributed by atoms with Gasteiger partial charge >= 0.3 is 0 Å². The number of carbonyl (C=O) groups is 2. The van der Waals surface area contributed by atoms with Gasteiger partial charge in [-0.2, -0.15) is 0 Å². The Bertz CT molecular complexity index is 949. The first kappa shape index (κ1) is 22.9. The maximum atomic E-state index is 12.0. The lowest BCUT2D eigenvalue weighted by Crippen LogP contribution is -2.39. The Kier molecular flexibility index (Phi) is 8.26. The van der Waals surface area contributed by atoms with Crippen molar-refractivity contribution in [2.24, 2.45) is 5.14 Å². The summed E-state index contributed by atoms with van der Waals surface area (Å²) in [5.41, 5.74) is 0.868. The maximum Gasteiger partial charge on any atom is 0.239 e. The minimum Gasteiger partial charge on any atom is -0.355 e. The molecule has 0 bridgehead atoms. The van der Waals surface area contributed by atoms with Gasteiger partial charge in [0, 0.05) is 17.2 Å². The number of amides is 2. The van der Waals surface area contributed by atoms with Crippen molar-refractivity contribution in [1.82, 2.24) is 15.2 Å². The Labute approximate surface area is 177 Å². The van der Waals surface area contributed by atoms with Gasteiger partial charge in [-0.1, -0.05) is 12.1 Å². The van der Waals surface area contributed by atoms with Gasteiger partial charge in [0.15, 0.2) is 0 Å². The molecule has 0 saturated carbocycles. The van der Waals surface area contributed by atoms with E-state index in [2.05, 4.69) is 31.5 Å². The number of anilines is 1. The number of nitrogens with zero attached hydrogens (tertiary/aromatic N) is 2. The summed E-state index contributed by atoms with van der Waals surface area (Å²) in [6.07, 6.45) is 2.12. The molecule has 0 aliphatic heterocycles. The van der Waals surface area contributed by atoms with E-state index in [1.165, 1.54) is 12.1 Å². The molecule has 0 spiro atoms. The van der Waals surface area contributed by atoms with Gasteiger partial charge in [0.1, 0.15) is 5.82 Å². The summed E-state index contributed by atoms with van der Waals surface area (Å²) < 4.78 is 23.3. The van der Waals surface area contributed by atoms with Crippen LogP contribution < -0.4 is 15.8 Å². The van der Waals surface area contributed by atoms with Gasteiger partial charge in [-0.3, -0.25) is 14.5 Å². The molecule has 0 fully saturated rings. The van der Waals surface area contributed by atoms with E-state index in [0.717, 1.165) is 10.0 Å². The topological polar surface area (TPSA) is 134 Å². The molecule has 2 amide bonds. The lowest BCUT2D eigenvalue weighted by atomic mass is 10.1. The van der Waals surface area contributed by atoms with Gasteiger partial charge in [-0.25, -0.2) is 18.5 Å². The number of aromatic nitrogens is 1. The van der Waals surface area contributed by atoms with E-state index in [1.54, 1.807) is 42.4 Å². The van der Waals surface area contributed by atoms with E-state index in [9.17, 15) is 18.0 Å². The number of likely N-dealkylation sites (N-methyl/N-ethyl adjacent to an activating group) is 1. The summed E-state index contributed by atoms with van der Waals surface area (Å²) in [6.45, 7) is 0.488. The fourth-order valence-corrected chi connectivity index (χ4v) is 3.18. The van der Waals surface area contributed by atoms with Gasteiger partial charge in [0.25, 0.3) is 0 Å². The first-order valence-corrected chi connectivity index (χ1v) is 11.0. The van der Waals surface area contributed by atoms with Crippen LogP contribution >= 0.6 is 15.9 Å². The molecule has 0 aliphatic rings. The molecule has 9 nitrogen and oxygen atoms in total. The van der Waals surface area contributed by atoms with Crippen molar-refractivity contribution in [3.05, 3.63) is 52.6 Å². The minimum absolute atomic E-state index is 0.0419. The molecule has 156 valence electrons. The number of sulfonamides is 1. The first-order chi connectivity index (χ1) is 13.6. The van der Waals surface area contributed by atoms with Crippen molar-refractivity contribution in [3.63, 3.8) is 0 Å². The molecule has 29 heavy (non-hydrogen) atoms. The third-order valence-corrected chi connectivity index (χ3v) is 5.21. The first-order valence-electron chi connectivity index (χ1n) is 8.62. The van der Waals surface area contributed by atoms with E-state index in [0.29, 0.717) is 18.8 Å². The van der Waals surface area contributed by atoms with Gasteiger partial charge < -0.3 is 10.6 Å². The lowest BCUT2D eigenvalue weighted by molar-refractivity contribution is -0.122.